The summed E-state index contributed by atoms with van der Waals surface area (Å²) in [6, 6.07) is 18.0. The van der Waals surface area contributed by atoms with Gasteiger partial charge in [-0.15, -0.1) is 0 Å². The van der Waals surface area contributed by atoms with Crippen LogP contribution in [0.2, 0.25) is 5.02 Å². The fourth-order valence-corrected chi connectivity index (χ4v) is 2.48. The number of ether oxygens (including phenoxy) is 1. The highest BCUT2D eigenvalue weighted by molar-refractivity contribution is 6.30. The monoisotopic (exact) mass is 312 g/mol. The molecular weight excluding hydrogens is 300 g/mol. The minimum Gasteiger partial charge on any atom is -0.507 e. The maximum Gasteiger partial charge on any atom is 0.342 e. The van der Waals surface area contributed by atoms with Gasteiger partial charge >= 0.3 is 5.97 Å². The summed E-state index contributed by atoms with van der Waals surface area (Å²) in [4.78, 5) is 12.1. The molecule has 0 atom stereocenters. The normalized spacial score (nSPS) is 10.6. The van der Waals surface area contributed by atoms with Crippen molar-refractivity contribution in [1.29, 1.82) is 0 Å². The van der Waals surface area contributed by atoms with Crippen LogP contribution in [0, 0.1) is 0 Å². The molecule has 3 nitrogen and oxygen atoms in total. The number of carbonyl (C=O) groups excluding carboxylic acids is 1. The van der Waals surface area contributed by atoms with E-state index in [-0.39, 0.29) is 17.9 Å². The van der Waals surface area contributed by atoms with Crippen LogP contribution < -0.4 is 0 Å². The molecule has 0 aliphatic carbocycles. The van der Waals surface area contributed by atoms with E-state index in [9.17, 15) is 9.90 Å². The van der Waals surface area contributed by atoms with Gasteiger partial charge in [-0.1, -0.05) is 54.1 Å². The molecule has 0 aromatic heterocycles. The average molecular weight is 313 g/mol. The number of hydrogen-bond acceptors (Lipinski definition) is 3. The molecule has 0 radical (unpaired) electrons. The predicted octanol–water partition coefficient (Wildman–Crippen LogP) is 4.56. The topological polar surface area (TPSA) is 46.5 Å². The fraction of sp³-hybridized carbons (Fsp3) is 0.0556. The predicted molar refractivity (Wildman–Crippen MR) is 86.2 cm³/mol. The Hall–Kier alpha value is -2.52. The first kappa shape index (κ1) is 14.4. The van der Waals surface area contributed by atoms with Crippen molar-refractivity contribution in [2.75, 3.05) is 0 Å². The highest BCUT2D eigenvalue weighted by Crippen LogP contribution is 2.24. The second-order valence-corrected chi connectivity index (χ2v) is 5.31. The number of hydrogen-bond donors (Lipinski definition) is 1. The summed E-state index contributed by atoms with van der Waals surface area (Å²) in [5.41, 5.74) is 1.02. The van der Waals surface area contributed by atoms with Crippen LogP contribution in [0.1, 0.15) is 15.9 Å². The maximum absolute atomic E-state index is 12.1. The van der Waals surface area contributed by atoms with E-state index in [0.717, 1.165) is 16.3 Å². The van der Waals surface area contributed by atoms with E-state index in [0.29, 0.717) is 5.02 Å². The van der Waals surface area contributed by atoms with Crippen molar-refractivity contribution < 1.29 is 14.6 Å². The highest BCUT2D eigenvalue weighted by atomic mass is 35.5. The third kappa shape index (κ3) is 2.90. The molecule has 0 heterocycles. The van der Waals surface area contributed by atoms with Crippen molar-refractivity contribution in [3.8, 4) is 5.75 Å². The number of phenolic OH excluding ortho intramolecular Hbond substituents is 1. The Bertz CT molecular complexity index is 837. The Kier molecular flexibility index (Phi) is 3.98. The van der Waals surface area contributed by atoms with Crippen LogP contribution >= 0.6 is 11.6 Å². The summed E-state index contributed by atoms with van der Waals surface area (Å²) >= 11 is 5.75. The van der Waals surface area contributed by atoms with Gasteiger partial charge in [0.2, 0.25) is 0 Å². The number of carbonyl (C=O) groups is 1. The minimum atomic E-state index is -0.581. The van der Waals surface area contributed by atoms with Crippen LogP contribution in [-0.2, 0) is 11.3 Å². The maximum atomic E-state index is 12.1. The molecule has 0 saturated heterocycles. The Balaban J connectivity index is 1.80. The standard InChI is InChI=1S/C18H13ClO3/c19-14-8-9-16(17(20)10-14)18(21)22-11-13-6-3-5-12-4-1-2-7-15(12)13/h1-10,20H,11H2. The Morgan fingerprint density at radius 3 is 2.64 bits per heavy atom. The van der Waals surface area contributed by atoms with Gasteiger partial charge in [0.1, 0.15) is 17.9 Å². The zero-order valence-electron chi connectivity index (χ0n) is 11.6. The first-order valence-electron chi connectivity index (χ1n) is 6.77. The molecule has 1 N–H and O–H groups in total. The summed E-state index contributed by atoms with van der Waals surface area (Å²) in [6.45, 7) is 0.141. The lowest BCUT2D eigenvalue weighted by molar-refractivity contribution is 0.0471. The lowest BCUT2D eigenvalue weighted by Gasteiger charge is -2.09. The molecule has 0 spiro atoms. The molecule has 110 valence electrons. The number of rotatable bonds is 3. The van der Waals surface area contributed by atoms with Crippen molar-refractivity contribution in [1.82, 2.24) is 0 Å². The van der Waals surface area contributed by atoms with Crippen LogP contribution in [0.4, 0.5) is 0 Å². The van der Waals surface area contributed by atoms with Crippen LogP contribution in [0.15, 0.2) is 60.7 Å². The van der Waals surface area contributed by atoms with Gasteiger partial charge in [-0.05, 0) is 34.5 Å². The minimum absolute atomic E-state index is 0.102. The molecule has 0 fully saturated rings. The van der Waals surface area contributed by atoms with Gasteiger partial charge in [0.15, 0.2) is 0 Å². The quantitative estimate of drug-likeness (QED) is 0.721. The molecule has 3 aromatic rings. The summed E-state index contributed by atoms with van der Waals surface area (Å²) in [5, 5.41) is 12.2. The van der Waals surface area contributed by atoms with E-state index in [1.807, 2.05) is 42.5 Å². The third-order valence-corrected chi connectivity index (χ3v) is 3.65. The van der Waals surface area contributed by atoms with Crippen LogP contribution in [-0.4, -0.2) is 11.1 Å². The molecule has 22 heavy (non-hydrogen) atoms. The lowest BCUT2D eigenvalue weighted by atomic mass is 10.1. The largest absolute Gasteiger partial charge is 0.507 e. The second kappa shape index (κ2) is 6.08. The van der Waals surface area contributed by atoms with Gasteiger partial charge in [-0.25, -0.2) is 4.79 Å². The van der Waals surface area contributed by atoms with E-state index >= 15 is 0 Å². The van der Waals surface area contributed by atoms with Crippen LogP contribution in [0.25, 0.3) is 10.8 Å². The van der Waals surface area contributed by atoms with E-state index in [2.05, 4.69) is 0 Å². The number of esters is 1. The first-order valence-corrected chi connectivity index (χ1v) is 7.15. The van der Waals surface area contributed by atoms with Gasteiger partial charge in [0.25, 0.3) is 0 Å². The van der Waals surface area contributed by atoms with Crippen LogP contribution in [0.3, 0.4) is 0 Å². The van der Waals surface area contributed by atoms with E-state index in [1.165, 1.54) is 18.2 Å². The lowest BCUT2D eigenvalue weighted by Crippen LogP contribution is -2.05. The number of halogens is 1. The Labute approximate surface area is 132 Å². The van der Waals surface area contributed by atoms with Crippen molar-refractivity contribution in [3.63, 3.8) is 0 Å². The smallest absolute Gasteiger partial charge is 0.342 e. The highest BCUT2D eigenvalue weighted by Gasteiger charge is 2.13. The van der Waals surface area contributed by atoms with Gasteiger partial charge in [0, 0.05) is 5.02 Å². The Morgan fingerprint density at radius 1 is 1.05 bits per heavy atom. The molecular formula is C18H13ClO3. The SMILES string of the molecule is O=C(OCc1cccc2ccccc12)c1ccc(Cl)cc1O. The number of benzene rings is 3. The van der Waals surface area contributed by atoms with Crippen molar-refractivity contribution in [2.24, 2.45) is 0 Å². The molecule has 0 unspecified atom stereocenters. The molecule has 0 bridgehead atoms. The zero-order valence-corrected chi connectivity index (χ0v) is 12.4. The van der Waals surface area contributed by atoms with Gasteiger partial charge < -0.3 is 9.84 Å². The molecule has 0 amide bonds. The van der Waals surface area contributed by atoms with Gasteiger partial charge in [-0.2, -0.15) is 0 Å². The summed E-state index contributed by atoms with van der Waals surface area (Å²) in [7, 11) is 0. The van der Waals surface area contributed by atoms with E-state index in [1.54, 1.807) is 0 Å². The summed E-state index contributed by atoms with van der Waals surface area (Å²) in [5.74, 6) is -0.766. The molecule has 0 aliphatic heterocycles. The third-order valence-electron chi connectivity index (χ3n) is 3.42. The van der Waals surface area contributed by atoms with Crippen molar-refractivity contribution >= 4 is 28.3 Å². The molecule has 3 rings (SSSR count). The molecule has 0 aliphatic rings. The van der Waals surface area contributed by atoms with Crippen molar-refractivity contribution in [2.45, 2.75) is 6.61 Å². The van der Waals surface area contributed by atoms with Crippen LogP contribution in [0.5, 0.6) is 5.75 Å². The summed E-state index contributed by atoms with van der Waals surface area (Å²) < 4.78 is 5.30. The average Bonchev–Trinajstić information content (AvgIpc) is 2.52. The second-order valence-electron chi connectivity index (χ2n) is 4.88. The van der Waals surface area contributed by atoms with E-state index in [4.69, 9.17) is 16.3 Å². The fourth-order valence-electron chi connectivity index (χ4n) is 2.32. The number of phenols is 1. The molecule has 0 saturated carbocycles. The first-order chi connectivity index (χ1) is 10.6. The summed E-state index contributed by atoms with van der Waals surface area (Å²) in [6.07, 6.45) is 0. The van der Waals surface area contributed by atoms with Gasteiger partial charge in [0.05, 0.1) is 0 Å². The molecule has 4 heteroatoms. The molecule has 3 aromatic carbocycles. The Morgan fingerprint density at radius 2 is 1.82 bits per heavy atom. The van der Waals surface area contributed by atoms with Gasteiger partial charge in [-0.3, -0.25) is 0 Å². The number of fused-ring (bicyclic) bond motifs is 1. The van der Waals surface area contributed by atoms with E-state index < -0.39 is 5.97 Å². The van der Waals surface area contributed by atoms with Crippen molar-refractivity contribution in [3.05, 3.63) is 76.8 Å². The number of aromatic hydroxyl groups is 1. The zero-order chi connectivity index (χ0) is 15.5.